The summed E-state index contributed by atoms with van der Waals surface area (Å²) in [7, 11) is 0. The summed E-state index contributed by atoms with van der Waals surface area (Å²) in [4.78, 5) is 2.46. The lowest BCUT2D eigenvalue weighted by molar-refractivity contribution is 0.220. The van der Waals surface area contributed by atoms with Crippen LogP contribution >= 0.6 is 11.6 Å². The molecule has 0 aliphatic carbocycles. The van der Waals surface area contributed by atoms with Gasteiger partial charge in [-0.2, -0.15) is 0 Å². The van der Waals surface area contributed by atoms with E-state index in [2.05, 4.69) is 33.9 Å². The third-order valence-electron chi connectivity index (χ3n) is 4.81. The number of hydrogen-bond donors (Lipinski definition) is 0. The molecule has 1 unspecified atom stereocenters. The quantitative estimate of drug-likeness (QED) is 0.621. The first-order chi connectivity index (χ1) is 12.2. The van der Waals surface area contributed by atoms with Crippen molar-refractivity contribution in [1.82, 2.24) is 9.47 Å². The fraction of sp³-hybridized carbons (Fsp3) is 0.238. The van der Waals surface area contributed by atoms with Gasteiger partial charge in [-0.15, -0.1) is 0 Å². The Bertz CT molecular complexity index is 856. The van der Waals surface area contributed by atoms with Gasteiger partial charge in [-0.3, -0.25) is 4.90 Å². The van der Waals surface area contributed by atoms with Crippen LogP contribution in [0.15, 0.2) is 66.9 Å². The van der Waals surface area contributed by atoms with E-state index in [1.54, 1.807) is 12.1 Å². The Balaban J connectivity index is 1.73. The molecule has 128 valence electrons. The maximum atomic E-state index is 13.4. The van der Waals surface area contributed by atoms with Gasteiger partial charge in [0.05, 0.1) is 6.04 Å². The molecule has 0 spiro atoms. The Hall–Kier alpha value is -2.10. The van der Waals surface area contributed by atoms with Crippen LogP contribution in [0, 0.1) is 5.82 Å². The molecule has 0 radical (unpaired) electrons. The summed E-state index contributed by atoms with van der Waals surface area (Å²) in [5.41, 5.74) is 3.57. The van der Waals surface area contributed by atoms with Gasteiger partial charge in [0.2, 0.25) is 0 Å². The zero-order valence-corrected chi connectivity index (χ0v) is 14.7. The molecule has 1 atom stereocenters. The molecule has 0 saturated carbocycles. The van der Waals surface area contributed by atoms with Crippen molar-refractivity contribution in [2.24, 2.45) is 0 Å². The lowest BCUT2D eigenvalue weighted by Gasteiger charge is -2.30. The molecule has 4 heteroatoms. The molecule has 2 nitrogen and oxygen atoms in total. The molecular weight excluding hydrogens is 335 g/mol. The van der Waals surface area contributed by atoms with E-state index in [9.17, 15) is 4.39 Å². The Morgan fingerprint density at radius 3 is 2.64 bits per heavy atom. The Labute approximate surface area is 152 Å². The highest BCUT2D eigenvalue weighted by Crippen LogP contribution is 2.33. The van der Waals surface area contributed by atoms with Gasteiger partial charge < -0.3 is 4.57 Å². The minimum Gasteiger partial charge on any atom is -0.350 e. The van der Waals surface area contributed by atoms with Crippen LogP contribution in [0.4, 0.5) is 4.39 Å². The van der Waals surface area contributed by atoms with Gasteiger partial charge in [-0.1, -0.05) is 35.9 Å². The summed E-state index contributed by atoms with van der Waals surface area (Å²) in [6, 6.07) is 19.3. The van der Waals surface area contributed by atoms with Crippen molar-refractivity contribution in [2.75, 3.05) is 6.54 Å². The third-order valence-corrected chi connectivity index (χ3v) is 5.05. The van der Waals surface area contributed by atoms with Gasteiger partial charge >= 0.3 is 0 Å². The first-order valence-corrected chi connectivity index (χ1v) is 8.97. The first-order valence-electron chi connectivity index (χ1n) is 8.60. The molecule has 1 aromatic heterocycles. The second-order valence-electron chi connectivity index (χ2n) is 6.53. The molecule has 0 N–H and O–H groups in total. The average molecular weight is 355 g/mol. The number of aromatic nitrogens is 1. The van der Waals surface area contributed by atoms with Crippen LogP contribution in [0.25, 0.3) is 0 Å². The molecule has 0 saturated heterocycles. The molecule has 3 aromatic rings. The Morgan fingerprint density at radius 2 is 1.84 bits per heavy atom. The minimum atomic E-state index is -0.200. The van der Waals surface area contributed by atoms with E-state index in [4.69, 9.17) is 11.6 Å². The van der Waals surface area contributed by atoms with Gasteiger partial charge in [-0.25, -0.2) is 4.39 Å². The maximum Gasteiger partial charge on any atom is 0.123 e. The van der Waals surface area contributed by atoms with Crippen LogP contribution in [0.5, 0.6) is 0 Å². The topological polar surface area (TPSA) is 8.17 Å². The van der Waals surface area contributed by atoms with E-state index in [0.29, 0.717) is 0 Å². The summed E-state index contributed by atoms with van der Waals surface area (Å²) >= 11 is 6.16. The van der Waals surface area contributed by atoms with Gasteiger partial charge in [0, 0.05) is 36.5 Å². The highest BCUT2D eigenvalue weighted by atomic mass is 35.5. The minimum absolute atomic E-state index is 0.108. The van der Waals surface area contributed by atoms with Crippen LogP contribution in [0.2, 0.25) is 5.02 Å². The van der Waals surface area contributed by atoms with Crippen molar-refractivity contribution >= 4 is 11.6 Å². The highest BCUT2D eigenvalue weighted by Gasteiger charge is 2.27. The molecular formula is C21H20ClFN2. The van der Waals surface area contributed by atoms with E-state index in [1.807, 2.05) is 30.3 Å². The van der Waals surface area contributed by atoms with Gasteiger partial charge in [0.25, 0.3) is 0 Å². The highest BCUT2D eigenvalue weighted by molar-refractivity contribution is 6.30. The van der Waals surface area contributed by atoms with Crippen LogP contribution in [-0.2, 0) is 13.1 Å². The van der Waals surface area contributed by atoms with Crippen LogP contribution in [-0.4, -0.2) is 16.0 Å². The second-order valence-corrected chi connectivity index (χ2v) is 6.97. The summed E-state index contributed by atoms with van der Waals surface area (Å²) in [5, 5.41) is 0.758. The third kappa shape index (κ3) is 3.48. The van der Waals surface area contributed by atoms with Gasteiger partial charge in [-0.05, 0) is 53.9 Å². The molecule has 4 rings (SSSR count). The predicted molar refractivity (Wildman–Crippen MR) is 99.2 cm³/mol. The Morgan fingerprint density at radius 1 is 1.00 bits per heavy atom. The monoisotopic (exact) mass is 354 g/mol. The van der Waals surface area contributed by atoms with E-state index >= 15 is 0 Å². The normalized spacial score (nSPS) is 17.9. The number of halogens is 2. The standard InChI is InChI=1S/C21H20ClFN2/c22-18-5-1-4-16(14-18)15-25-13-3-12-24-11-2-6-20(24)21(25)17-7-9-19(23)10-8-17/h1-2,4-11,14,21H,3,12-13,15H2. The van der Waals surface area contributed by atoms with Crippen molar-refractivity contribution in [3.63, 3.8) is 0 Å². The molecule has 1 aliphatic rings. The Kier molecular flexibility index (Phi) is 4.60. The van der Waals surface area contributed by atoms with Crippen molar-refractivity contribution in [1.29, 1.82) is 0 Å². The molecule has 0 bridgehead atoms. The largest absolute Gasteiger partial charge is 0.350 e. The predicted octanol–water partition coefficient (Wildman–Crippen LogP) is 5.28. The molecule has 2 heterocycles. The number of aryl methyl sites for hydroxylation is 1. The summed E-state index contributed by atoms with van der Waals surface area (Å²) in [6.07, 6.45) is 3.22. The van der Waals surface area contributed by atoms with Crippen molar-refractivity contribution < 1.29 is 4.39 Å². The van der Waals surface area contributed by atoms with E-state index in [1.165, 1.54) is 11.3 Å². The SMILES string of the molecule is Fc1ccc(C2c3cccn3CCCN2Cc2cccc(Cl)c2)cc1. The molecule has 0 amide bonds. The summed E-state index contributed by atoms with van der Waals surface area (Å²) in [5.74, 6) is -0.200. The van der Waals surface area contributed by atoms with Gasteiger partial charge in [0.1, 0.15) is 5.82 Å². The number of hydrogen-bond acceptors (Lipinski definition) is 1. The van der Waals surface area contributed by atoms with E-state index in [-0.39, 0.29) is 11.9 Å². The fourth-order valence-corrected chi connectivity index (χ4v) is 3.92. The van der Waals surface area contributed by atoms with Crippen molar-refractivity contribution in [2.45, 2.75) is 25.6 Å². The van der Waals surface area contributed by atoms with Crippen LogP contribution in [0.3, 0.4) is 0 Å². The van der Waals surface area contributed by atoms with E-state index < -0.39 is 0 Å². The number of benzene rings is 2. The lowest BCUT2D eigenvalue weighted by atomic mass is 10.0. The molecule has 0 fully saturated rings. The molecule has 1 aliphatic heterocycles. The number of rotatable bonds is 3. The average Bonchev–Trinajstić information content (AvgIpc) is 2.98. The van der Waals surface area contributed by atoms with E-state index in [0.717, 1.165) is 36.6 Å². The van der Waals surface area contributed by atoms with Crippen molar-refractivity contribution in [3.8, 4) is 0 Å². The summed E-state index contributed by atoms with van der Waals surface area (Å²) in [6.45, 7) is 2.80. The molecule has 2 aromatic carbocycles. The smallest absolute Gasteiger partial charge is 0.123 e. The first kappa shape index (κ1) is 16.4. The second kappa shape index (κ2) is 7.03. The van der Waals surface area contributed by atoms with Crippen LogP contribution < -0.4 is 0 Å². The zero-order valence-electron chi connectivity index (χ0n) is 13.9. The number of fused-ring (bicyclic) bond motifs is 1. The molecule has 25 heavy (non-hydrogen) atoms. The van der Waals surface area contributed by atoms with Crippen molar-refractivity contribution in [3.05, 3.63) is 94.5 Å². The summed E-state index contributed by atoms with van der Waals surface area (Å²) < 4.78 is 15.7. The maximum absolute atomic E-state index is 13.4. The van der Waals surface area contributed by atoms with Crippen LogP contribution in [0.1, 0.15) is 29.3 Å². The zero-order chi connectivity index (χ0) is 17.2. The van der Waals surface area contributed by atoms with Gasteiger partial charge in [0.15, 0.2) is 0 Å². The fourth-order valence-electron chi connectivity index (χ4n) is 3.71. The lowest BCUT2D eigenvalue weighted by Crippen LogP contribution is -2.29. The number of nitrogens with zero attached hydrogens (tertiary/aromatic N) is 2.